The number of urea groups is 1. The first-order valence-electron chi connectivity index (χ1n) is 16.0. The molecule has 2 saturated heterocycles. The molecule has 47 heavy (non-hydrogen) atoms. The maximum Gasteiger partial charge on any atom is 0.407 e. The average Bonchev–Trinajstić information content (AvgIpc) is 3.08. The van der Waals surface area contributed by atoms with Gasteiger partial charge in [-0.05, 0) is 48.9 Å². The molecule has 2 aromatic rings. The highest BCUT2D eigenvalue weighted by atomic mass is 16.5. The lowest BCUT2D eigenvalue weighted by molar-refractivity contribution is -0.190. The van der Waals surface area contributed by atoms with Crippen molar-refractivity contribution in [3.05, 3.63) is 72.3 Å². The van der Waals surface area contributed by atoms with Crippen molar-refractivity contribution in [2.75, 3.05) is 53.6 Å². The summed E-state index contributed by atoms with van der Waals surface area (Å²) in [7, 11) is 3.15. The van der Waals surface area contributed by atoms with Crippen LogP contribution in [0, 0.1) is 0 Å². The predicted octanol–water partition coefficient (Wildman–Crippen LogP) is 3.16. The van der Waals surface area contributed by atoms with Gasteiger partial charge in [0.15, 0.2) is 11.5 Å². The van der Waals surface area contributed by atoms with Crippen LogP contribution in [0.2, 0.25) is 0 Å². The van der Waals surface area contributed by atoms with Crippen LogP contribution in [0.25, 0.3) is 0 Å². The summed E-state index contributed by atoms with van der Waals surface area (Å²) in [6.45, 7) is 7.17. The van der Waals surface area contributed by atoms with Crippen molar-refractivity contribution in [2.24, 2.45) is 0 Å². The third-order valence-electron chi connectivity index (χ3n) is 8.18. The Hall–Kier alpha value is -4.78. The number of rotatable bonds is 15. The second kappa shape index (κ2) is 17.2. The van der Waals surface area contributed by atoms with Gasteiger partial charge in [-0.15, -0.1) is 0 Å². The molecule has 2 aromatic carbocycles. The number of nitrogens with zero attached hydrogens (tertiary/aromatic N) is 4. The second-order valence-electron chi connectivity index (χ2n) is 11.4. The second-order valence-corrected chi connectivity index (χ2v) is 11.4. The summed E-state index contributed by atoms with van der Waals surface area (Å²) in [6, 6.07) is 14.1. The van der Waals surface area contributed by atoms with Gasteiger partial charge in [0, 0.05) is 26.2 Å². The fraction of sp³-hybridized carbons (Fsp3) is 0.471. The van der Waals surface area contributed by atoms with E-state index >= 15 is 0 Å². The van der Waals surface area contributed by atoms with Crippen molar-refractivity contribution in [2.45, 2.75) is 51.4 Å². The van der Waals surface area contributed by atoms with Gasteiger partial charge in [-0.3, -0.25) is 9.59 Å². The Bertz CT molecular complexity index is 1390. The minimum Gasteiger partial charge on any atom is -0.493 e. The molecule has 2 N–H and O–H groups in total. The van der Waals surface area contributed by atoms with E-state index in [1.54, 1.807) is 34.0 Å². The molecule has 0 unspecified atom stereocenters. The monoisotopic (exact) mass is 650 g/mol. The first-order chi connectivity index (χ1) is 22.8. The first kappa shape index (κ1) is 35.1. The molecule has 0 saturated carbocycles. The van der Waals surface area contributed by atoms with Crippen LogP contribution in [0.5, 0.6) is 11.5 Å². The number of methoxy groups -OCH3 is 2. The van der Waals surface area contributed by atoms with E-state index in [9.17, 15) is 19.2 Å². The quantitative estimate of drug-likeness (QED) is 0.222. The number of benzene rings is 2. The highest BCUT2D eigenvalue weighted by Gasteiger charge is 2.50. The number of nitrogens with one attached hydrogen (secondary N) is 2. The van der Waals surface area contributed by atoms with E-state index in [4.69, 9.17) is 14.2 Å². The maximum absolute atomic E-state index is 14.1. The molecule has 13 nitrogen and oxygen atoms in total. The minimum atomic E-state index is -0.814. The Morgan fingerprint density at radius 3 is 2.47 bits per heavy atom. The fourth-order valence-corrected chi connectivity index (χ4v) is 5.95. The van der Waals surface area contributed by atoms with E-state index in [0.29, 0.717) is 50.4 Å². The molecule has 2 aliphatic rings. The van der Waals surface area contributed by atoms with E-state index in [-0.39, 0.29) is 44.1 Å². The molecule has 4 rings (SSSR count). The minimum absolute atomic E-state index is 0.0232. The molecule has 2 fully saturated rings. The Balaban J connectivity index is 1.58. The Labute approximate surface area is 276 Å². The largest absolute Gasteiger partial charge is 0.493 e. The Morgan fingerprint density at radius 2 is 1.77 bits per heavy atom. The van der Waals surface area contributed by atoms with Crippen molar-refractivity contribution < 1.29 is 33.4 Å². The topological polar surface area (TPSA) is 133 Å². The van der Waals surface area contributed by atoms with Crippen LogP contribution in [-0.4, -0.2) is 110 Å². The number of carbonyl (C=O) groups excluding carboxylic acids is 4. The Morgan fingerprint density at radius 1 is 1.00 bits per heavy atom. The lowest BCUT2D eigenvalue weighted by Crippen LogP contribution is -2.76. The third kappa shape index (κ3) is 8.94. The highest BCUT2D eigenvalue weighted by molar-refractivity contribution is 5.91. The summed E-state index contributed by atoms with van der Waals surface area (Å²) in [4.78, 5) is 56.9. The van der Waals surface area contributed by atoms with Gasteiger partial charge in [-0.25, -0.2) is 19.6 Å². The first-order valence-corrected chi connectivity index (χ1v) is 16.0. The smallest absolute Gasteiger partial charge is 0.407 e. The number of hydrazine groups is 1. The van der Waals surface area contributed by atoms with Gasteiger partial charge in [0.25, 0.3) is 0 Å². The number of alkyl carbamates (subject to hydrolysis) is 1. The molecule has 0 spiro atoms. The lowest BCUT2D eigenvalue weighted by atomic mass is 10.0. The van der Waals surface area contributed by atoms with Crippen LogP contribution in [0.15, 0.2) is 61.2 Å². The third-order valence-corrected chi connectivity index (χ3v) is 8.18. The van der Waals surface area contributed by atoms with Gasteiger partial charge in [-0.2, -0.15) is 0 Å². The van der Waals surface area contributed by atoms with E-state index in [2.05, 4.69) is 17.2 Å². The average molecular weight is 651 g/mol. The van der Waals surface area contributed by atoms with Gasteiger partial charge >= 0.3 is 12.1 Å². The molecule has 13 heteroatoms. The van der Waals surface area contributed by atoms with Crippen LogP contribution in [-0.2, 0) is 27.3 Å². The fourth-order valence-electron chi connectivity index (χ4n) is 5.95. The molecule has 0 bridgehead atoms. The van der Waals surface area contributed by atoms with Crippen LogP contribution in [0.4, 0.5) is 9.59 Å². The molecule has 0 radical (unpaired) electrons. The molecular weight excluding hydrogens is 604 g/mol. The van der Waals surface area contributed by atoms with Crippen LogP contribution in [0.1, 0.15) is 37.3 Å². The van der Waals surface area contributed by atoms with E-state index in [1.165, 1.54) is 6.08 Å². The van der Waals surface area contributed by atoms with Crippen molar-refractivity contribution >= 4 is 23.9 Å². The molecule has 254 valence electrons. The summed E-state index contributed by atoms with van der Waals surface area (Å²) in [5.41, 5.74) is 1.89. The standard InChI is InChI=1S/C34H46N6O7/c1-5-18-38-24-31(41)39-27(13-10-17-35-34(44)47-20-6-2)32(42)37(19-16-25-14-15-28(45-3)29(21-25)46-4)23-30(39)40(38)33(43)36-22-26-11-8-7-9-12-26/h6-9,11-12,14-15,21,27,30H,2,5,10,13,16-20,22-24H2,1,3-4H3,(H,35,44)(H,36,43)/t27-,30-/m0/s1. The zero-order valence-corrected chi connectivity index (χ0v) is 27.5. The van der Waals surface area contributed by atoms with Crippen LogP contribution >= 0.6 is 0 Å². The normalized spacial score (nSPS) is 18.0. The predicted molar refractivity (Wildman–Crippen MR) is 175 cm³/mol. The zero-order chi connectivity index (χ0) is 33.8. The van der Waals surface area contributed by atoms with Gasteiger partial charge in [0.05, 0.1) is 27.3 Å². The van der Waals surface area contributed by atoms with Crippen LogP contribution < -0.4 is 20.1 Å². The molecule has 0 aliphatic carbocycles. The molecular formula is C34H46N6O7. The zero-order valence-electron chi connectivity index (χ0n) is 27.5. The SMILES string of the molecule is C=CCOC(=O)NCCC[C@H]1C(=O)N(CCc2ccc(OC)c(OC)c2)C[C@H]2N1C(=O)CN(CCC)N2C(=O)NCc1ccccc1. The number of hydrogen-bond donors (Lipinski definition) is 2. The number of carbonyl (C=O) groups is 4. The highest BCUT2D eigenvalue weighted by Crippen LogP contribution is 2.30. The summed E-state index contributed by atoms with van der Waals surface area (Å²) in [6.07, 6.45) is 2.14. The number of hydrogen-bond acceptors (Lipinski definition) is 8. The summed E-state index contributed by atoms with van der Waals surface area (Å²) < 4.78 is 15.8. The van der Waals surface area contributed by atoms with E-state index in [1.807, 2.05) is 55.5 Å². The van der Waals surface area contributed by atoms with Gasteiger partial charge in [0.2, 0.25) is 11.8 Å². The number of ether oxygens (including phenoxy) is 3. The summed E-state index contributed by atoms with van der Waals surface area (Å²) in [5, 5.41) is 9.08. The number of amides is 5. The lowest BCUT2D eigenvalue weighted by Gasteiger charge is -2.55. The van der Waals surface area contributed by atoms with Gasteiger partial charge in [-0.1, -0.05) is 56.0 Å². The summed E-state index contributed by atoms with van der Waals surface area (Å²) >= 11 is 0. The van der Waals surface area contributed by atoms with E-state index < -0.39 is 18.3 Å². The van der Waals surface area contributed by atoms with E-state index in [0.717, 1.165) is 17.5 Å². The Kier molecular flexibility index (Phi) is 12.9. The van der Waals surface area contributed by atoms with Crippen molar-refractivity contribution in [1.29, 1.82) is 0 Å². The molecule has 2 aliphatic heterocycles. The van der Waals surface area contributed by atoms with Crippen molar-refractivity contribution in [3.63, 3.8) is 0 Å². The van der Waals surface area contributed by atoms with Crippen molar-refractivity contribution in [1.82, 2.24) is 30.5 Å². The number of fused-ring (bicyclic) bond motifs is 1. The van der Waals surface area contributed by atoms with Gasteiger partial charge in [0.1, 0.15) is 18.8 Å². The summed E-state index contributed by atoms with van der Waals surface area (Å²) in [5.74, 6) is 0.786. The molecule has 2 heterocycles. The maximum atomic E-state index is 14.1. The molecule has 2 atom stereocenters. The van der Waals surface area contributed by atoms with Crippen LogP contribution in [0.3, 0.4) is 0 Å². The van der Waals surface area contributed by atoms with Crippen molar-refractivity contribution in [3.8, 4) is 11.5 Å². The van der Waals surface area contributed by atoms with Gasteiger partial charge < -0.3 is 34.6 Å². The molecule has 0 aromatic heterocycles. The molecule has 5 amide bonds. The number of piperazine rings is 1.